The molecule has 0 amide bonds. The summed E-state index contributed by atoms with van der Waals surface area (Å²) in [4.78, 5) is 0. The van der Waals surface area contributed by atoms with Crippen molar-refractivity contribution in [1.29, 1.82) is 0 Å². The maximum absolute atomic E-state index is 0. The summed E-state index contributed by atoms with van der Waals surface area (Å²) in [6.45, 7) is 0. The minimum atomic E-state index is 0. The van der Waals surface area contributed by atoms with Gasteiger partial charge in [-0.15, -0.1) is 0 Å². The van der Waals surface area contributed by atoms with Crippen molar-refractivity contribution >= 4 is 69.4 Å². The summed E-state index contributed by atoms with van der Waals surface area (Å²) >= 11 is 0. The molecule has 0 aromatic heterocycles. The Morgan fingerprint density at radius 2 is 0.200 bits per heavy atom. The molecule has 0 saturated heterocycles. The Kier molecular flexibility index (Phi) is 22600. The molecule has 9 nitrogen and oxygen atoms in total. The van der Waals surface area contributed by atoms with Crippen molar-refractivity contribution in [2.75, 3.05) is 0 Å². The summed E-state index contributed by atoms with van der Waals surface area (Å²) < 4.78 is 0. The topological polar surface area (TPSA) is 256 Å². The summed E-state index contributed by atoms with van der Waals surface area (Å²) in [5, 5.41) is 0. The van der Waals surface area contributed by atoms with Crippen molar-refractivity contribution < 1.29 is 83.4 Å². The molecule has 0 atom stereocenters. The summed E-state index contributed by atoms with van der Waals surface area (Å²) in [7, 11) is 0. The standard InChI is InChI=1S/4Al.2Fe.9O/q6*+3;9*-2. The maximum Gasteiger partial charge on any atom is 3.00 e. The second kappa shape index (κ2) is 532. The van der Waals surface area contributed by atoms with Crippen LogP contribution in [0.3, 0.4) is 0 Å². The molecule has 0 unspecified atom stereocenters. The summed E-state index contributed by atoms with van der Waals surface area (Å²) in [5.74, 6) is 0. The van der Waals surface area contributed by atoms with E-state index in [1.165, 1.54) is 0 Å². The van der Waals surface area contributed by atoms with Crippen molar-refractivity contribution in [3.05, 3.63) is 0 Å². The first-order chi connectivity index (χ1) is 0. The van der Waals surface area contributed by atoms with Crippen LogP contribution >= 0.6 is 0 Å². The van der Waals surface area contributed by atoms with Gasteiger partial charge >= 0.3 is 104 Å². The van der Waals surface area contributed by atoms with E-state index >= 15 is 0 Å². The van der Waals surface area contributed by atoms with E-state index in [2.05, 4.69) is 0 Å². The Balaban J connectivity index is 0. The largest absolute Gasteiger partial charge is 3.00 e. The van der Waals surface area contributed by atoms with Crippen LogP contribution in [-0.2, 0) is 83.4 Å². The molecule has 0 aromatic rings. The second-order valence-corrected chi connectivity index (χ2v) is 0. The Morgan fingerprint density at radius 3 is 0.200 bits per heavy atom. The van der Waals surface area contributed by atoms with Gasteiger partial charge in [0.2, 0.25) is 0 Å². The molecule has 15 heteroatoms. The SMILES string of the molecule is [Al+3].[Al+3].[Al+3].[Al+3].[Fe+3].[Fe+3].[O-2].[O-2].[O-2].[O-2].[O-2].[O-2].[O-2].[O-2].[O-2]. The molecule has 0 N–H and O–H groups in total. The quantitative estimate of drug-likeness (QED) is 0.401. The van der Waals surface area contributed by atoms with Crippen LogP contribution in [0.25, 0.3) is 0 Å². The van der Waals surface area contributed by atoms with E-state index in [0.29, 0.717) is 0 Å². The Morgan fingerprint density at radius 1 is 0.200 bits per heavy atom. The number of rotatable bonds is 0. The van der Waals surface area contributed by atoms with Crippen LogP contribution < -0.4 is 0 Å². The van der Waals surface area contributed by atoms with Crippen LogP contribution in [0.15, 0.2) is 0 Å². The minimum absolute atomic E-state index is 0. The van der Waals surface area contributed by atoms with Crippen molar-refractivity contribution in [3.63, 3.8) is 0 Å². The molecule has 82 valence electrons. The van der Waals surface area contributed by atoms with E-state index in [-0.39, 0.29) is 153 Å². The van der Waals surface area contributed by atoms with Gasteiger partial charge in [0.15, 0.2) is 0 Å². The monoisotopic (exact) mass is 364 g/mol. The first kappa shape index (κ1) is 638. The van der Waals surface area contributed by atoms with Crippen molar-refractivity contribution in [2.24, 2.45) is 0 Å². The third kappa shape index (κ3) is 467. The maximum atomic E-state index is 0. The van der Waals surface area contributed by atoms with Gasteiger partial charge in [-0.3, -0.25) is 0 Å². The Hall–Kier alpha value is 2.81. The summed E-state index contributed by atoms with van der Waals surface area (Å²) in [6, 6.07) is 0. The van der Waals surface area contributed by atoms with Gasteiger partial charge in [0, 0.05) is 0 Å². The Labute approximate surface area is 151 Å². The van der Waals surface area contributed by atoms with E-state index in [0.717, 1.165) is 0 Å². The van der Waals surface area contributed by atoms with Crippen molar-refractivity contribution in [1.82, 2.24) is 0 Å². The zero-order valence-electron chi connectivity index (χ0n) is 6.69. The predicted molar refractivity (Wildman–Crippen MR) is 29.2 cm³/mol. The smallest absolute Gasteiger partial charge is 2.00 e. The van der Waals surface area contributed by atoms with Gasteiger partial charge in [-0.25, -0.2) is 0 Å². The van der Waals surface area contributed by atoms with E-state index in [1.807, 2.05) is 0 Å². The van der Waals surface area contributed by atoms with Gasteiger partial charge in [-0.05, 0) is 0 Å². The zero-order chi connectivity index (χ0) is 0. The molecule has 0 aromatic carbocycles. The molecular weight excluding hydrogens is 364 g/mol. The summed E-state index contributed by atoms with van der Waals surface area (Å²) in [6.07, 6.45) is 0. The zero-order valence-corrected chi connectivity index (χ0v) is 13.5. The normalized spacial score (nSPS) is 0. The second-order valence-electron chi connectivity index (χ2n) is 0. The van der Waals surface area contributed by atoms with Crippen LogP contribution in [0.2, 0.25) is 0 Å². The van der Waals surface area contributed by atoms with Crippen LogP contribution in [-0.4, -0.2) is 69.4 Å². The summed E-state index contributed by atoms with van der Waals surface area (Å²) in [5.41, 5.74) is 0. The van der Waals surface area contributed by atoms with Gasteiger partial charge in [0.1, 0.15) is 0 Å². The molecule has 15 heavy (non-hydrogen) atoms. The predicted octanol–water partition coefficient (Wildman–Crippen LogP) is -2.60. The average molecular weight is 364 g/mol. The minimum Gasteiger partial charge on any atom is -2.00 e. The first-order valence-electron chi connectivity index (χ1n) is 0. The fourth-order valence-corrected chi connectivity index (χ4v) is 0. The molecule has 0 aliphatic carbocycles. The molecule has 0 spiro atoms. The Bertz CT molecular complexity index is 20.1. The fourth-order valence-electron chi connectivity index (χ4n) is 0. The number of hydrogen-bond donors (Lipinski definition) is 0. The van der Waals surface area contributed by atoms with E-state index < -0.39 is 0 Å². The molecule has 0 aliphatic heterocycles. The molecule has 0 heterocycles. The average Bonchev–Trinajstić information content (AvgIpc) is 0. The third-order valence-electron chi connectivity index (χ3n) is 0. The molecule has 0 bridgehead atoms. The van der Waals surface area contributed by atoms with E-state index in [9.17, 15) is 0 Å². The van der Waals surface area contributed by atoms with Gasteiger partial charge in [0.25, 0.3) is 0 Å². The van der Waals surface area contributed by atoms with Crippen LogP contribution in [0.1, 0.15) is 0 Å². The molecule has 2 radical (unpaired) electrons. The van der Waals surface area contributed by atoms with Gasteiger partial charge in [-0.1, -0.05) is 0 Å². The first-order valence-corrected chi connectivity index (χ1v) is 0. The molecule has 0 fully saturated rings. The van der Waals surface area contributed by atoms with Gasteiger partial charge in [-0.2, -0.15) is 0 Å². The molecule has 0 saturated carbocycles. The molecule has 0 aliphatic rings. The molecular formula is Al4Fe2O9. The van der Waals surface area contributed by atoms with Crippen LogP contribution in [0.5, 0.6) is 0 Å². The third-order valence-corrected chi connectivity index (χ3v) is 0. The fraction of sp³-hybridized carbons (Fsp3) is 0. The van der Waals surface area contributed by atoms with Gasteiger partial charge in [0.05, 0.1) is 0 Å². The van der Waals surface area contributed by atoms with Crippen LogP contribution in [0.4, 0.5) is 0 Å². The van der Waals surface area contributed by atoms with Crippen LogP contribution in [0, 0.1) is 0 Å². The van der Waals surface area contributed by atoms with Crippen molar-refractivity contribution in [2.45, 2.75) is 0 Å². The van der Waals surface area contributed by atoms with E-state index in [4.69, 9.17) is 0 Å². The number of hydrogen-bond acceptors (Lipinski definition) is 0. The van der Waals surface area contributed by atoms with E-state index in [1.54, 1.807) is 0 Å². The van der Waals surface area contributed by atoms with Crippen molar-refractivity contribution in [3.8, 4) is 0 Å². The molecule has 0 rings (SSSR count). The van der Waals surface area contributed by atoms with Gasteiger partial charge < -0.3 is 49.3 Å².